The van der Waals surface area contributed by atoms with E-state index in [1.807, 2.05) is 6.92 Å². The highest BCUT2D eigenvalue weighted by Gasteiger charge is 2.16. The van der Waals surface area contributed by atoms with Gasteiger partial charge in [-0.25, -0.2) is 0 Å². The highest BCUT2D eigenvalue weighted by Crippen LogP contribution is 2.04. The first-order chi connectivity index (χ1) is 8.52. The molecule has 18 heavy (non-hydrogen) atoms. The molecule has 0 spiro atoms. The summed E-state index contributed by atoms with van der Waals surface area (Å²) in [4.78, 5) is 25.6. The quantitative estimate of drug-likeness (QED) is 0.773. The van der Waals surface area contributed by atoms with E-state index in [0.717, 1.165) is 0 Å². The molecular formula is C12H18N2O4. The van der Waals surface area contributed by atoms with Crippen molar-refractivity contribution in [1.82, 2.24) is 9.80 Å². The molecule has 0 aliphatic heterocycles. The lowest BCUT2D eigenvalue weighted by Crippen LogP contribution is -2.40. The second-order valence-corrected chi connectivity index (χ2v) is 4.03. The molecule has 0 aliphatic carbocycles. The van der Waals surface area contributed by atoms with Crippen molar-refractivity contribution in [3.8, 4) is 0 Å². The Bertz CT molecular complexity index is 389. The molecule has 0 saturated carbocycles. The van der Waals surface area contributed by atoms with E-state index in [1.165, 1.54) is 4.90 Å². The molecule has 0 aromatic carbocycles. The molecule has 100 valence electrons. The van der Waals surface area contributed by atoms with Gasteiger partial charge in [-0.05, 0) is 18.7 Å². The Kier molecular flexibility index (Phi) is 5.38. The van der Waals surface area contributed by atoms with Crippen LogP contribution in [-0.4, -0.2) is 53.5 Å². The summed E-state index contributed by atoms with van der Waals surface area (Å²) >= 11 is 0. The summed E-state index contributed by atoms with van der Waals surface area (Å²) < 4.78 is 5.15. The second kappa shape index (κ2) is 6.80. The average molecular weight is 254 g/mol. The van der Waals surface area contributed by atoms with Crippen LogP contribution in [-0.2, 0) is 16.1 Å². The van der Waals surface area contributed by atoms with E-state index in [9.17, 15) is 9.59 Å². The number of likely N-dealkylation sites (N-methyl/N-ethyl adjacent to an activating group) is 2. The van der Waals surface area contributed by atoms with Crippen molar-refractivity contribution >= 4 is 11.9 Å². The van der Waals surface area contributed by atoms with Crippen molar-refractivity contribution in [1.29, 1.82) is 0 Å². The van der Waals surface area contributed by atoms with Crippen molar-refractivity contribution in [2.24, 2.45) is 0 Å². The van der Waals surface area contributed by atoms with Gasteiger partial charge in [-0.15, -0.1) is 0 Å². The third kappa shape index (κ3) is 4.58. The Hall–Kier alpha value is -1.82. The monoisotopic (exact) mass is 254 g/mol. The molecule has 1 aromatic heterocycles. The van der Waals surface area contributed by atoms with Gasteiger partial charge in [0, 0.05) is 7.05 Å². The SMILES string of the molecule is CCN(CC(=O)O)CC(=O)N(C)Cc1ccco1. The fourth-order valence-corrected chi connectivity index (χ4v) is 1.51. The Morgan fingerprint density at radius 3 is 2.61 bits per heavy atom. The summed E-state index contributed by atoms with van der Waals surface area (Å²) in [7, 11) is 1.67. The molecule has 0 bridgehead atoms. The summed E-state index contributed by atoms with van der Waals surface area (Å²) in [5.41, 5.74) is 0. The number of carboxylic acids is 1. The maximum absolute atomic E-state index is 11.9. The first kappa shape index (κ1) is 14.2. The molecule has 0 aliphatic rings. The number of carboxylic acid groups (broad SMARTS) is 1. The maximum Gasteiger partial charge on any atom is 0.317 e. The molecule has 0 unspecified atom stereocenters. The molecule has 6 heteroatoms. The fraction of sp³-hybridized carbons (Fsp3) is 0.500. The van der Waals surface area contributed by atoms with Crippen LogP contribution in [0.15, 0.2) is 22.8 Å². The van der Waals surface area contributed by atoms with Gasteiger partial charge < -0.3 is 14.4 Å². The minimum Gasteiger partial charge on any atom is -0.480 e. The highest BCUT2D eigenvalue weighted by molar-refractivity contribution is 5.78. The van der Waals surface area contributed by atoms with E-state index < -0.39 is 5.97 Å². The average Bonchev–Trinajstić information content (AvgIpc) is 2.80. The number of aliphatic carboxylic acids is 1. The molecule has 0 saturated heterocycles. The van der Waals surface area contributed by atoms with Crippen LogP contribution < -0.4 is 0 Å². The van der Waals surface area contributed by atoms with Crippen LogP contribution in [0.1, 0.15) is 12.7 Å². The zero-order chi connectivity index (χ0) is 13.5. The van der Waals surface area contributed by atoms with Crippen LogP contribution in [0.3, 0.4) is 0 Å². The minimum absolute atomic E-state index is 0.0972. The Labute approximate surface area is 106 Å². The van der Waals surface area contributed by atoms with Gasteiger partial charge >= 0.3 is 5.97 Å². The van der Waals surface area contributed by atoms with E-state index in [1.54, 1.807) is 30.3 Å². The summed E-state index contributed by atoms with van der Waals surface area (Å²) in [6.45, 7) is 2.70. The molecule has 0 atom stereocenters. The number of carbonyl (C=O) groups excluding carboxylic acids is 1. The Morgan fingerprint density at radius 1 is 1.39 bits per heavy atom. The van der Waals surface area contributed by atoms with Crippen molar-refractivity contribution in [2.45, 2.75) is 13.5 Å². The molecule has 1 aromatic rings. The normalized spacial score (nSPS) is 10.6. The highest BCUT2D eigenvalue weighted by atomic mass is 16.4. The first-order valence-electron chi connectivity index (χ1n) is 5.73. The summed E-state index contributed by atoms with van der Waals surface area (Å²) in [5, 5.41) is 8.69. The van der Waals surface area contributed by atoms with Gasteiger partial charge in [0.15, 0.2) is 0 Å². The summed E-state index contributed by atoms with van der Waals surface area (Å²) in [6.07, 6.45) is 1.55. The number of amides is 1. The lowest BCUT2D eigenvalue weighted by Gasteiger charge is -2.22. The number of carbonyl (C=O) groups is 2. The van der Waals surface area contributed by atoms with Crippen molar-refractivity contribution in [3.05, 3.63) is 24.2 Å². The molecular weight excluding hydrogens is 236 g/mol. The summed E-state index contributed by atoms with van der Waals surface area (Å²) in [6, 6.07) is 3.55. The fourth-order valence-electron chi connectivity index (χ4n) is 1.51. The van der Waals surface area contributed by atoms with Crippen molar-refractivity contribution < 1.29 is 19.1 Å². The van der Waals surface area contributed by atoms with Crippen LogP contribution >= 0.6 is 0 Å². The molecule has 0 fully saturated rings. The van der Waals surface area contributed by atoms with Gasteiger partial charge in [-0.3, -0.25) is 14.5 Å². The summed E-state index contributed by atoms with van der Waals surface area (Å²) in [5.74, 6) is -0.361. The van der Waals surface area contributed by atoms with E-state index >= 15 is 0 Å². The zero-order valence-corrected chi connectivity index (χ0v) is 10.6. The largest absolute Gasteiger partial charge is 0.480 e. The van der Waals surface area contributed by atoms with Gasteiger partial charge in [-0.1, -0.05) is 6.92 Å². The van der Waals surface area contributed by atoms with Gasteiger partial charge in [0.2, 0.25) is 5.91 Å². The predicted molar refractivity (Wildman–Crippen MR) is 64.9 cm³/mol. The van der Waals surface area contributed by atoms with Crippen molar-refractivity contribution in [3.63, 3.8) is 0 Å². The van der Waals surface area contributed by atoms with Crippen molar-refractivity contribution in [2.75, 3.05) is 26.7 Å². The maximum atomic E-state index is 11.9. The van der Waals surface area contributed by atoms with E-state index in [0.29, 0.717) is 18.8 Å². The molecule has 1 N–H and O–H groups in total. The van der Waals surface area contributed by atoms with Gasteiger partial charge in [-0.2, -0.15) is 0 Å². The van der Waals surface area contributed by atoms with Crippen LogP contribution in [0.5, 0.6) is 0 Å². The van der Waals surface area contributed by atoms with E-state index in [4.69, 9.17) is 9.52 Å². The van der Waals surface area contributed by atoms with Gasteiger partial charge in [0.05, 0.1) is 25.9 Å². The number of rotatable bonds is 7. The molecule has 6 nitrogen and oxygen atoms in total. The number of nitrogens with zero attached hydrogens (tertiary/aromatic N) is 2. The number of hydrogen-bond acceptors (Lipinski definition) is 4. The van der Waals surface area contributed by atoms with E-state index in [2.05, 4.69) is 0 Å². The first-order valence-corrected chi connectivity index (χ1v) is 5.73. The zero-order valence-electron chi connectivity index (χ0n) is 10.6. The standard InChI is InChI=1S/C12H18N2O4/c1-3-14(9-12(16)17)8-11(15)13(2)7-10-5-4-6-18-10/h4-6H,3,7-9H2,1-2H3,(H,16,17). The van der Waals surface area contributed by atoms with E-state index in [-0.39, 0.29) is 19.0 Å². The van der Waals surface area contributed by atoms with Crippen LogP contribution in [0.25, 0.3) is 0 Å². The lowest BCUT2D eigenvalue weighted by molar-refractivity contribution is -0.139. The minimum atomic E-state index is -0.932. The Balaban J connectivity index is 2.45. The third-order valence-corrected chi connectivity index (χ3v) is 2.56. The number of hydrogen-bond donors (Lipinski definition) is 1. The third-order valence-electron chi connectivity index (χ3n) is 2.56. The van der Waals surface area contributed by atoms with Crippen LogP contribution in [0, 0.1) is 0 Å². The topological polar surface area (TPSA) is 74.0 Å². The predicted octanol–water partition coefficient (Wildman–Crippen LogP) is 0.645. The Morgan fingerprint density at radius 2 is 2.11 bits per heavy atom. The van der Waals surface area contributed by atoms with Crippen LogP contribution in [0.4, 0.5) is 0 Å². The number of furan rings is 1. The molecule has 1 heterocycles. The molecule has 1 rings (SSSR count). The smallest absolute Gasteiger partial charge is 0.317 e. The lowest BCUT2D eigenvalue weighted by atomic mass is 10.3. The molecule has 0 radical (unpaired) electrons. The van der Waals surface area contributed by atoms with Gasteiger partial charge in [0.1, 0.15) is 5.76 Å². The second-order valence-electron chi connectivity index (χ2n) is 4.03. The molecule has 1 amide bonds. The van der Waals surface area contributed by atoms with Crippen LogP contribution in [0.2, 0.25) is 0 Å². The van der Waals surface area contributed by atoms with Gasteiger partial charge in [0.25, 0.3) is 0 Å².